The summed E-state index contributed by atoms with van der Waals surface area (Å²) in [6, 6.07) is 11.3. The number of methoxy groups -OCH3 is 1. The predicted octanol–water partition coefficient (Wildman–Crippen LogP) is 3.39. The molecule has 0 aliphatic rings. The van der Waals surface area contributed by atoms with Crippen LogP contribution in [0.15, 0.2) is 42.5 Å². The first-order valence-electron chi connectivity index (χ1n) is 6.30. The number of benzene rings is 2. The summed E-state index contributed by atoms with van der Waals surface area (Å²) in [6.07, 6.45) is 0.400. The minimum absolute atomic E-state index is 0.400. The van der Waals surface area contributed by atoms with Gasteiger partial charge in [-0.15, -0.1) is 0 Å². The molecular formula is C16H17F2NO. The summed E-state index contributed by atoms with van der Waals surface area (Å²) in [7, 11) is 1.59. The third-order valence-corrected chi connectivity index (χ3v) is 3.28. The summed E-state index contributed by atoms with van der Waals surface area (Å²) in [6.45, 7) is 1.85. The van der Waals surface area contributed by atoms with Gasteiger partial charge in [0.1, 0.15) is 5.75 Å². The lowest BCUT2D eigenvalue weighted by atomic mass is 9.86. The van der Waals surface area contributed by atoms with E-state index in [0.29, 0.717) is 17.7 Å². The Morgan fingerprint density at radius 2 is 1.85 bits per heavy atom. The van der Waals surface area contributed by atoms with E-state index >= 15 is 0 Å². The van der Waals surface area contributed by atoms with Crippen LogP contribution in [0.5, 0.6) is 5.75 Å². The molecule has 0 amide bonds. The third-order valence-electron chi connectivity index (χ3n) is 3.28. The Labute approximate surface area is 117 Å². The minimum Gasteiger partial charge on any atom is -0.497 e. The molecule has 4 heteroatoms. The van der Waals surface area contributed by atoms with Gasteiger partial charge in [0.05, 0.1) is 7.11 Å². The molecule has 1 unspecified atom stereocenters. The smallest absolute Gasteiger partial charge is 0.159 e. The second-order valence-corrected chi connectivity index (χ2v) is 5.07. The van der Waals surface area contributed by atoms with E-state index in [1.807, 2.05) is 31.2 Å². The highest BCUT2D eigenvalue weighted by atomic mass is 19.2. The Morgan fingerprint density at radius 3 is 2.50 bits per heavy atom. The van der Waals surface area contributed by atoms with Crippen molar-refractivity contribution in [2.24, 2.45) is 5.73 Å². The average molecular weight is 277 g/mol. The lowest BCUT2D eigenvalue weighted by molar-refractivity contribution is 0.410. The second kappa shape index (κ2) is 5.59. The van der Waals surface area contributed by atoms with E-state index in [1.54, 1.807) is 13.2 Å². The van der Waals surface area contributed by atoms with Crippen molar-refractivity contribution in [1.29, 1.82) is 0 Å². The molecule has 0 heterocycles. The van der Waals surface area contributed by atoms with Crippen molar-refractivity contribution in [1.82, 2.24) is 0 Å². The molecule has 0 saturated heterocycles. The fraction of sp³-hybridized carbons (Fsp3) is 0.250. The van der Waals surface area contributed by atoms with Gasteiger partial charge in [-0.1, -0.05) is 18.2 Å². The molecule has 0 radical (unpaired) electrons. The topological polar surface area (TPSA) is 35.2 Å². The van der Waals surface area contributed by atoms with Crippen molar-refractivity contribution in [3.05, 3.63) is 65.2 Å². The van der Waals surface area contributed by atoms with Crippen LogP contribution in [0.3, 0.4) is 0 Å². The molecule has 0 fully saturated rings. The summed E-state index contributed by atoms with van der Waals surface area (Å²) in [5.41, 5.74) is 7.14. The molecular weight excluding hydrogens is 260 g/mol. The molecule has 0 aliphatic carbocycles. The largest absolute Gasteiger partial charge is 0.497 e. The van der Waals surface area contributed by atoms with Crippen molar-refractivity contribution >= 4 is 0 Å². The molecule has 2 aromatic rings. The SMILES string of the molecule is COc1cccc(C(C)(N)Cc2ccc(F)c(F)c2)c1. The Balaban J connectivity index is 2.27. The van der Waals surface area contributed by atoms with E-state index in [4.69, 9.17) is 10.5 Å². The molecule has 0 bridgehead atoms. The van der Waals surface area contributed by atoms with Crippen molar-refractivity contribution in [3.8, 4) is 5.75 Å². The van der Waals surface area contributed by atoms with E-state index in [2.05, 4.69) is 0 Å². The molecule has 2 aromatic carbocycles. The molecule has 2 nitrogen and oxygen atoms in total. The molecule has 106 valence electrons. The number of ether oxygens (including phenoxy) is 1. The van der Waals surface area contributed by atoms with Crippen LogP contribution in [0, 0.1) is 11.6 Å². The fourth-order valence-electron chi connectivity index (χ4n) is 2.15. The van der Waals surface area contributed by atoms with Crippen molar-refractivity contribution in [2.75, 3.05) is 7.11 Å². The van der Waals surface area contributed by atoms with Crippen molar-refractivity contribution < 1.29 is 13.5 Å². The van der Waals surface area contributed by atoms with Gasteiger partial charge in [-0.2, -0.15) is 0 Å². The number of halogens is 2. The van der Waals surface area contributed by atoms with Crippen LogP contribution in [0.1, 0.15) is 18.1 Å². The van der Waals surface area contributed by atoms with E-state index in [0.717, 1.165) is 11.6 Å². The van der Waals surface area contributed by atoms with Gasteiger partial charge in [-0.25, -0.2) is 8.78 Å². The Bertz CT molecular complexity index is 611. The van der Waals surface area contributed by atoms with Crippen LogP contribution in [-0.4, -0.2) is 7.11 Å². The van der Waals surface area contributed by atoms with Gasteiger partial charge in [0.25, 0.3) is 0 Å². The second-order valence-electron chi connectivity index (χ2n) is 5.07. The Morgan fingerprint density at radius 1 is 1.10 bits per heavy atom. The molecule has 2 rings (SSSR count). The summed E-state index contributed by atoms with van der Waals surface area (Å²) < 4.78 is 31.3. The maximum Gasteiger partial charge on any atom is 0.159 e. The van der Waals surface area contributed by atoms with Gasteiger partial charge < -0.3 is 10.5 Å². The predicted molar refractivity (Wildman–Crippen MR) is 74.6 cm³/mol. The molecule has 0 aliphatic heterocycles. The van der Waals surface area contributed by atoms with Gasteiger partial charge in [0, 0.05) is 5.54 Å². The first-order valence-corrected chi connectivity index (χ1v) is 6.30. The number of nitrogens with two attached hydrogens (primary N) is 1. The van der Waals surface area contributed by atoms with Crippen LogP contribution in [0.2, 0.25) is 0 Å². The molecule has 0 spiro atoms. The van der Waals surface area contributed by atoms with Crippen molar-refractivity contribution in [2.45, 2.75) is 18.9 Å². The Hall–Kier alpha value is -1.94. The zero-order valence-corrected chi connectivity index (χ0v) is 11.5. The number of rotatable bonds is 4. The van der Waals surface area contributed by atoms with Crippen molar-refractivity contribution in [3.63, 3.8) is 0 Å². The zero-order valence-electron chi connectivity index (χ0n) is 11.5. The highest BCUT2D eigenvalue weighted by Crippen LogP contribution is 2.26. The fourth-order valence-corrected chi connectivity index (χ4v) is 2.15. The van der Waals surface area contributed by atoms with Gasteiger partial charge in [-0.3, -0.25) is 0 Å². The standard InChI is InChI=1S/C16H17F2NO/c1-16(19,12-4-3-5-13(9-12)20-2)10-11-6-7-14(17)15(18)8-11/h3-9H,10,19H2,1-2H3. The highest BCUT2D eigenvalue weighted by molar-refractivity contribution is 5.34. The molecule has 0 saturated carbocycles. The van der Waals surface area contributed by atoms with Gasteiger partial charge in [0.2, 0.25) is 0 Å². The summed E-state index contributed by atoms with van der Waals surface area (Å²) in [4.78, 5) is 0. The summed E-state index contributed by atoms with van der Waals surface area (Å²) in [5, 5.41) is 0. The molecule has 0 aromatic heterocycles. The van der Waals surface area contributed by atoms with Crippen LogP contribution >= 0.6 is 0 Å². The quantitative estimate of drug-likeness (QED) is 0.929. The lowest BCUT2D eigenvalue weighted by Crippen LogP contribution is -2.35. The van der Waals surface area contributed by atoms with Gasteiger partial charge >= 0.3 is 0 Å². The zero-order chi connectivity index (χ0) is 14.8. The van der Waals surface area contributed by atoms with Crippen LogP contribution < -0.4 is 10.5 Å². The highest BCUT2D eigenvalue weighted by Gasteiger charge is 2.22. The number of hydrogen-bond donors (Lipinski definition) is 1. The van der Waals surface area contributed by atoms with E-state index < -0.39 is 17.2 Å². The summed E-state index contributed by atoms with van der Waals surface area (Å²) >= 11 is 0. The molecule has 2 N–H and O–H groups in total. The lowest BCUT2D eigenvalue weighted by Gasteiger charge is -2.26. The summed E-state index contributed by atoms with van der Waals surface area (Å²) in [5.74, 6) is -0.998. The van der Waals surface area contributed by atoms with Crippen LogP contribution in [0.4, 0.5) is 8.78 Å². The average Bonchev–Trinajstić information content (AvgIpc) is 2.43. The monoisotopic (exact) mass is 277 g/mol. The maximum absolute atomic E-state index is 13.2. The number of hydrogen-bond acceptors (Lipinski definition) is 2. The van der Waals surface area contributed by atoms with E-state index in [1.165, 1.54) is 6.07 Å². The van der Waals surface area contributed by atoms with E-state index in [-0.39, 0.29) is 0 Å². The molecule has 20 heavy (non-hydrogen) atoms. The maximum atomic E-state index is 13.2. The Kier molecular flexibility index (Phi) is 4.04. The van der Waals surface area contributed by atoms with Gasteiger partial charge in [-0.05, 0) is 48.7 Å². The normalized spacial score (nSPS) is 13.8. The van der Waals surface area contributed by atoms with Crippen LogP contribution in [0.25, 0.3) is 0 Å². The first-order chi connectivity index (χ1) is 9.42. The molecule has 1 atom stereocenters. The third kappa shape index (κ3) is 3.14. The first kappa shape index (κ1) is 14.5. The van der Waals surface area contributed by atoms with Gasteiger partial charge in [0.15, 0.2) is 11.6 Å². The van der Waals surface area contributed by atoms with Crippen LogP contribution in [-0.2, 0) is 12.0 Å². The minimum atomic E-state index is -0.857. The van der Waals surface area contributed by atoms with E-state index in [9.17, 15) is 8.78 Å².